The molecule has 1 amide bonds. The number of hydrogen-bond acceptors (Lipinski definition) is 6. The molecule has 0 heterocycles. The quantitative estimate of drug-likeness (QED) is 0.0467. The van der Waals surface area contributed by atoms with Gasteiger partial charge in [-0.3, -0.25) is 19.4 Å². The molecule has 0 unspecified atom stereocenters. The molecule has 1 aliphatic rings. The van der Waals surface area contributed by atoms with E-state index in [0.717, 1.165) is 77.8 Å². The number of carbonyl (C=O) groups is 2. The van der Waals surface area contributed by atoms with Crippen LogP contribution in [0.4, 0.5) is 0 Å². The summed E-state index contributed by atoms with van der Waals surface area (Å²) in [4.78, 5) is 31.0. The van der Waals surface area contributed by atoms with Crippen LogP contribution in [0.3, 0.4) is 0 Å². The van der Waals surface area contributed by atoms with Gasteiger partial charge in [0, 0.05) is 45.1 Å². The normalized spacial score (nSPS) is 13.6. The second kappa shape index (κ2) is 47.9. The lowest BCUT2D eigenvalue weighted by Gasteiger charge is -2.36. The van der Waals surface area contributed by atoms with Crippen LogP contribution >= 0.6 is 0 Å². The van der Waals surface area contributed by atoms with Gasteiger partial charge in [-0.25, -0.2) is 0 Å². The molecule has 1 saturated carbocycles. The molecule has 0 aromatic rings. The van der Waals surface area contributed by atoms with Crippen LogP contribution in [0, 0.1) is 11.8 Å². The summed E-state index contributed by atoms with van der Waals surface area (Å²) < 4.78 is 5.94. The van der Waals surface area contributed by atoms with Gasteiger partial charge in [-0.2, -0.15) is 0 Å². The van der Waals surface area contributed by atoms with E-state index in [1.165, 1.54) is 212 Å². The van der Waals surface area contributed by atoms with Gasteiger partial charge in [0.15, 0.2) is 0 Å². The van der Waals surface area contributed by atoms with Crippen molar-refractivity contribution in [1.82, 2.24) is 15.1 Å². The van der Waals surface area contributed by atoms with Crippen molar-refractivity contribution < 1.29 is 19.4 Å². The molecule has 0 bridgehead atoms. The number of esters is 1. The molecule has 1 fully saturated rings. The van der Waals surface area contributed by atoms with Gasteiger partial charge >= 0.3 is 5.97 Å². The minimum atomic E-state index is 0.0107. The van der Waals surface area contributed by atoms with E-state index < -0.39 is 0 Å². The molecule has 0 aliphatic heterocycles. The molecular weight excluding hydrogens is 803 g/mol. The third kappa shape index (κ3) is 39.4. The number of aliphatic hydroxyl groups excluding tert-OH is 1. The van der Waals surface area contributed by atoms with E-state index in [4.69, 9.17) is 4.74 Å². The van der Waals surface area contributed by atoms with Crippen LogP contribution in [0.15, 0.2) is 0 Å². The number of nitrogens with zero attached hydrogens (tertiary/aromatic N) is 2. The molecule has 0 aromatic carbocycles. The van der Waals surface area contributed by atoms with E-state index in [1.807, 2.05) is 0 Å². The lowest BCUT2D eigenvalue weighted by molar-refractivity contribution is -0.145. The summed E-state index contributed by atoms with van der Waals surface area (Å²) in [5.41, 5.74) is 0. The fourth-order valence-corrected chi connectivity index (χ4v) is 10.4. The van der Waals surface area contributed by atoms with Crippen molar-refractivity contribution in [1.29, 1.82) is 0 Å². The fourth-order valence-electron chi connectivity index (χ4n) is 10.4. The Bertz CT molecular complexity index is 973. The molecule has 0 atom stereocenters. The van der Waals surface area contributed by atoms with Gasteiger partial charge in [0.2, 0.25) is 5.91 Å². The minimum Gasteiger partial charge on any atom is -0.465 e. The van der Waals surface area contributed by atoms with Crippen LogP contribution in [0.25, 0.3) is 0 Å². The van der Waals surface area contributed by atoms with Crippen molar-refractivity contribution >= 4 is 11.9 Å². The van der Waals surface area contributed by atoms with Crippen molar-refractivity contribution in [3.63, 3.8) is 0 Å². The zero-order valence-corrected chi connectivity index (χ0v) is 44.4. The van der Waals surface area contributed by atoms with E-state index >= 15 is 0 Å². The van der Waals surface area contributed by atoms with Crippen LogP contribution < -0.4 is 5.32 Å². The Balaban J connectivity index is 2.45. The van der Waals surface area contributed by atoms with Crippen molar-refractivity contribution in [2.45, 2.75) is 297 Å². The average molecular weight is 919 g/mol. The summed E-state index contributed by atoms with van der Waals surface area (Å²) in [6, 6.07) is 0.662. The fraction of sp³-hybridized carbons (Fsp3) is 0.966. The highest BCUT2D eigenvalue weighted by molar-refractivity contribution is 5.75. The zero-order chi connectivity index (χ0) is 47.1. The lowest BCUT2D eigenvalue weighted by atomic mass is 9.94. The average Bonchev–Trinajstić information content (AvgIpc) is 3.32. The SMILES string of the molecule is CCCCCCCCC(CCCCCCCC)CNC(=O)CCCCCN(CCO)CCN(CCCCCC(=O)OCC(CCCCCCCC)CCCCCCCC)C1CCCCC1. The van der Waals surface area contributed by atoms with Crippen LogP contribution in [-0.2, 0) is 14.3 Å². The number of aliphatic hydroxyl groups is 1. The van der Waals surface area contributed by atoms with Gasteiger partial charge in [0.1, 0.15) is 0 Å². The van der Waals surface area contributed by atoms with E-state index in [9.17, 15) is 14.7 Å². The lowest BCUT2D eigenvalue weighted by Crippen LogP contribution is -2.43. The van der Waals surface area contributed by atoms with Gasteiger partial charge in [-0.15, -0.1) is 0 Å². The van der Waals surface area contributed by atoms with E-state index in [-0.39, 0.29) is 18.5 Å². The second-order valence-corrected chi connectivity index (χ2v) is 21.0. The number of unbranched alkanes of at least 4 members (excludes halogenated alkanes) is 24. The molecule has 7 heteroatoms. The minimum absolute atomic E-state index is 0.0107. The first kappa shape index (κ1) is 61.8. The van der Waals surface area contributed by atoms with Crippen LogP contribution in [0.5, 0.6) is 0 Å². The van der Waals surface area contributed by atoms with Crippen molar-refractivity contribution in [3.8, 4) is 0 Å². The largest absolute Gasteiger partial charge is 0.465 e. The van der Waals surface area contributed by atoms with E-state index in [2.05, 4.69) is 42.8 Å². The molecule has 0 aromatic heterocycles. The van der Waals surface area contributed by atoms with Gasteiger partial charge in [-0.05, 0) is 89.1 Å². The summed E-state index contributed by atoms with van der Waals surface area (Å²) in [7, 11) is 0. The molecule has 2 N–H and O–H groups in total. The maximum absolute atomic E-state index is 12.9. The van der Waals surface area contributed by atoms with Gasteiger partial charge < -0.3 is 15.2 Å². The van der Waals surface area contributed by atoms with Crippen molar-refractivity contribution in [3.05, 3.63) is 0 Å². The van der Waals surface area contributed by atoms with Gasteiger partial charge in [0.25, 0.3) is 0 Å². The Morgan fingerprint density at radius 1 is 0.492 bits per heavy atom. The molecular formula is C58H115N3O4. The first-order valence-corrected chi connectivity index (χ1v) is 29.5. The summed E-state index contributed by atoms with van der Waals surface area (Å²) in [6.45, 7) is 15.6. The van der Waals surface area contributed by atoms with E-state index in [0.29, 0.717) is 37.3 Å². The number of carbonyl (C=O) groups excluding carboxylic acids is 2. The Kier molecular flexibility index (Phi) is 45.5. The molecule has 0 spiro atoms. The first-order valence-electron chi connectivity index (χ1n) is 29.5. The van der Waals surface area contributed by atoms with Crippen LogP contribution in [0.2, 0.25) is 0 Å². The van der Waals surface area contributed by atoms with Crippen molar-refractivity contribution in [2.75, 3.05) is 52.5 Å². The predicted molar refractivity (Wildman–Crippen MR) is 282 cm³/mol. The standard InChI is InChI=1S/C58H115N3O4/c1-5-9-13-17-21-28-38-54(39-29-22-18-14-10-6-2)52-59-57(63)44-34-26-36-46-60(50-51-62)48-49-61(56-42-32-25-33-43-56)47-37-27-35-45-58(64)65-53-55(40-30-23-19-15-11-7-3)41-31-24-20-16-12-8-4/h54-56,62H,5-53H2,1-4H3,(H,59,63). The number of hydrogen-bond donors (Lipinski definition) is 2. The summed E-state index contributed by atoms with van der Waals surface area (Å²) in [5, 5.41) is 13.3. The molecule has 65 heavy (non-hydrogen) atoms. The third-order valence-corrected chi connectivity index (χ3v) is 14.8. The zero-order valence-electron chi connectivity index (χ0n) is 44.4. The Hall–Kier alpha value is -1.18. The number of amides is 1. The van der Waals surface area contributed by atoms with Gasteiger partial charge in [-0.1, -0.05) is 214 Å². The first-order chi connectivity index (χ1) is 32.0. The third-order valence-electron chi connectivity index (χ3n) is 14.8. The molecule has 386 valence electrons. The Labute approximate surface area is 406 Å². The van der Waals surface area contributed by atoms with Gasteiger partial charge in [0.05, 0.1) is 13.2 Å². The number of nitrogens with one attached hydrogen (secondary N) is 1. The maximum atomic E-state index is 12.9. The Morgan fingerprint density at radius 3 is 1.45 bits per heavy atom. The van der Waals surface area contributed by atoms with Crippen LogP contribution in [-0.4, -0.2) is 85.3 Å². The smallest absolute Gasteiger partial charge is 0.305 e. The Morgan fingerprint density at radius 2 is 0.938 bits per heavy atom. The molecule has 1 rings (SSSR count). The number of ether oxygens (including phenoxy) is 1. The monoisotopic (exact) mass is 918 g/mol. The summed E-state index contributed by atoms with van der Waals surface area (Å²) in [6.07, 6.45) is 50.9. The molecule has 0 saturated heterocycles. The van der Waals surface area contributed by atoms with E-state index in [1.54, 1.807) is 0 Å². The molecule has 0 radical (unpaired) electrons. The maximum Gasteiger partial charge on any atom is 0.305 e. The van der Waals surface area contributed by atoms with Crippen molar-refractivity contribution in [2.24, 2.45) is 11.8 Å². The summed E-state index contributed by atoms with van der Waals surface area (Å²) >= 11 is 0. The number of rotatable bonds is 50. The molecule has 1 aliphatic carbocycles. The second-order valence-electron chi connectivity index (χ2n) is 21.0. The predicted octanol–water partition coefficient (Wildman–Crippen LogP) is 15.9. The summed E-state index contributed by atoms with van der Waals surface area (Å²) in [5.74, 6) is 1.40. The highest BCUT2D eigenvalue weighted by Gasteiger charge is 2.22. The topological polar surface area (TPSA) is 82.1 Å². The highest BCUT2D eigenvalue weighted by Crippen LogP contribution is 2.24. The molecule has 7 nitrogen and oxygen atoms in total. The highest BCUT2D eigenvalue weighted by atomic mass is 16.5. The van der Waals surface area contributed by atoms with Crippen LogP contribution in [0.1, 0.15) is 291 Å².